The molecule has 0 unspecified atom stereocenters. The molecule has 5 heteroatoms. The lowest BCUT2D eigenvalue weighted by atomic mass is 10.3. The van der Waals surface area contributed by atoms with Crippen LogP contribution in [0, 0.1) is 0 Å². The Balaban J connectivity index is 1.72. The van der Waals surface area contributed by atoms with Gasteiger partial charge in [0, 0.05) is 37.9 Å². The second kappa shape index (κ2) is 6.67. The zero-order chi connectivity index (χ0) is 15.2. The Morgan fingerprint density at radius 2 is 1.86 bits per heavy atom. The molecule has 110 valence electrons. The molecule has 0 fully saturated rings. The van der Waals surface area contributed by atoms with E-state index in [-0.39, 0.29) is 0 Å². The highest BCUT2D eigenvalue weighted by atomic mass is 15.2. The van der Waals surface area contributed by atoms with E-state index in [2.05, 4.69) is 20.3 Å². The average molecular weight is 291 g/mol. The van der Waals surface area contributed by atoms with Gasteiger partial charge in [0.15, 0.2) is 0 Å². The number of pyridine rings is 1. The predicted molar refractivity (Wildman–Crippen MR) is 88.1 cm³/mol. The van der Waals surface area contributed by atoms with Crippen molar-refractivity contribution >= 4 is 17.5 Å². The number of nitrogens with zero attached hydrogens (tertiary/aromatic N) is 4. The van der Waals surface area contributed by atoms with E-state index in [4.69, 9.17) is 0 Å². The fourth-order valence-corrected chi connectivity index (χ4v) is 2.07. The van der Waals surface area contributed by atoms with E-state index in [9.17, 15) is 0 Å². The molecule has 0 saturated carbocycles. The van der Waals surface area contributed by atoms with Gasteiger partial charge in [-0.2, -0.15) is 4.98 Å². The van der Waals surface area contributed by atoms with Crippen molar-refractivity contribution in [2.45, 2.75) is 6.54 Å². The van der Waals surface area contributed by atoms with Crippen LogP contribution in [-0.4, -0.2) is 22.0 Å². The van der Waals surface area contributed by atoms with E-state index in [0.29, 0.717) is 12.5 Å². The van der Waals surface area contributed by atoms with E-state index in [1.165, 1.54) is 0 Å². The molecule has 1 N–H and O–H groups in total. The minimum absolute atomic E-state index is 0.655. The average Bonchev–Trinajstić information content (AvgIpc) is 2.61. The summed E-state index contributed by atoms with van der Waals surface area (Å²) < 4.78 is 0. The van der Waals surface area contributed by atoms with Crippen molar-refractivity contribution in [1.82, 2.24) is 15.0 Å². The number of rotatable bonds is 5. The smallest absolute Gasteiger partial charge is 0.231 e. The number of aromatic nitrogens is 3. The van der Waals surface area contributed by atoms with Crippen LogP contribution in [0.1, 0.15) is 5.56 Å². The van der Waals surface area contributed by atoms with Crippen molar-refractivity contribution in [3.63, 3.8) is 0 Å². The zero-order valence-electron chi connectivity index (χ0n) is 12.3. The van der Waals surface area contributed by atoms with Crippen LogP contribution in [0.2, 0.25) is 0 Å². The first-order chi connectivity index (χ1) is 10.8. The zero-order valence-corrected chi connectivity index (χ0v) is 12.3. The van der Waals surface area contributed by atoms with Crippen molar-refractivity contribution in [3.05, 3.63) is 72.7 Å². The van der Waals surface area contributed by atoms with Crippen LogP contribution in [0.3, 0.4) is 0 Å². The van der Waals surface area contributed by atoms with Crippen molar-refractivity contribution in [1.29, 1.82) is 0 Å². The van der Waals surface area contributed by atoms with Gasteiger partial charge in [-0.25, -0.2) is 4.98 Å². The third-order valence-corrected chi connectivity index (χ3v) is 3.28. The topological polar surface area (TPSA) is 53.9 Å². The first kappa shape index (κ1) is 14.0. The van der Waals surface area contributed by atoms with Gasteiger partial charge in [0.25, 0.3) is 0 Å². The lowest BCUT2D eigenvalue weighted by Gasteiger charge is -2.17. The normalized spacial score (nSPS) is 10.2. The van der Waals surface area contributed by atoms with Crippen LogP contribution in [-0.2, 0) is 6.54 Å². The summed E-state index contributed by atoms with van der Waals surface area (Å²) in [4.78, 5) is 14.9. The first-order valence-electron chi connectivity index (χ1n) is 7.07. The minimum atomic E-state index is 0.655. The highest BCUT2D eigenvalue weighted by molar-refractivity contribution is 5.57. The number of para-hydroxylation sites is 1. The maximum atomic E-state index is 4.55. The Morgan fingerprint density at radius 3 is 2.64 bits per heavy atom. The molecule has 0 aliphatic carbocycles. The molecule has 0 aliphatic rings. The highest BCUT2D eigenvalue weighted by Gasteiger charge is 2.07. The molecule has 0 radical (unpaired) electrons. The summed E-state index contributed by atoms with van der Waals surface area (Å²) in [5, 5.41) is 3.29. The van der Waals surface area contributed by atoms with Crippen LogP contribution >= 0.6 is 0 Å². The maximum absolute atomic E-state index is 4.55. The van der Waals surface area contributed by atoms with Crippen LogP contribution < -0.4 is 10.2 Å². The standard InChI is InChI=1S/C17H17N5/c1-22(15-7-3-2-4-8-15)17-19-11-9-16(21-17)20-13-14-6-5-10-18-12-14/h2-12H,13H2,1H3,(H,19,20,21). The van der Waals surface area contributed by atoms with Crippen molar-refractivity contribution in [2.24, 2.45) is 0 Å². The number of anilines is 3. The Bertz CT molecular complexity index is 715. The Kier molecular flexibility index (Phi) is 4.25. The molecule has 3 aromatic rings. The van der Waals surface area contributed by atoms with Gasteiger partial charge in [-0.3, -0.25) is 4.98 Å². The molecule has 3 rings (SSSR count). The van der Waals surface area contributed by atoms with E-state index in [1.807, 2.05) is 66.7 Å². The van der Waals surface area contributed by atoms with Crippen LogP contribution in [0.4, 0.5) is 17.5 Å². The quantitative estimate of drug-likeness (QED) is 0.782. The van der Waals surface area contributed by atoms with Gasteiger partial charge in [0.1, 0.15) is 5.82 Å². The molecule has 0 atom stereocenters. The lowest BCUT2D eigenvalue weighted by molar-refractivity contribution is 1.02. The highest BCUT2D eigenvalue weighted by Crippen LogP contribution is 2.20. The van der Waals surface area contributed by atoms with Crippen molar-refractivity contribution in [2.75, 3.05) is 17.3 Å². The van der Waals surface area contributed by atoms with E-state index in [1.54, 1.807) is 12.4 Å². The monoisotopic (exact) mass is 291 g/mol. The van der Waals surface area contributed by atoms with Gasteiger partial charge in [-0.1, -0.05) is 24.3 Å². The molecule has 2 aromatic heterocycles. The Labute approximate surface area is 129 Å². The summed E-state index contributed by atoms with van der Waals surface area (Å²) in [7, 11) is 1.95. The fraction of sp³-hybridized carbons (Fsp3) is 0.118. The first-order valence-corrected chi connectivity index (χ1v) is 7.07. The second-order valence-corrected chi connectivity index (χ2v) is 4.85. The molecule has 5 nitrogen and oxygen atoms in total. The molecular formula is C17H17N5. The van der Waals surface area contributed by atoms with Crippen molar-refractivity contribution in [3.8, 4) is 0 Å². The largest absolute Gasteiger partial charge is 0.366 e. The van der Waals surface area contributed by atoms with Gasteiger partial charge < -0.3 is 10.2 Å². The predicted octanol–water partition coefficient (Wildman–Crippen LogP) is 3.25. The summed E-state index contributed by atoms with van der Waals surface area (Å²) in [5.74, 6) is 1.44. The Morgan fingerprint density at radius 1 is 1.00 bits per heavy atom. The molecule has 0 bridgehead atoms. The number of hydrogen-bond donors (Lipinski definition) is 1. The molecule has 22 heavy (non-hydrogen) atoms. The summed E-state index contributed by atoms with van der Waals surface area (Å²) in [6.45, 7) is 0.680. The summed E-state index contributed by atoms with van der Waals surface area (Å²) in [5.41, 5.74) is 2.16. The third-order valence-electron chi connectivity index (χ3n) is 3.28. The number of nitrogens with one attached hydrogen (secondary N) is 1. The molecule has 0 aliphatic heterocycles. The van der Waals surface area contributed by atoms with Gasteiger partial charge in [-0.15, -0.1) is 0 Å². The van der Waals surface area contributed by atoms with Crippen LogP contribution in [0.15, 0.2) is 67.1 Å². The SMILES string of the molecule is CN(c1ccccc1)c1nccc(NCc2cccnc2)n1. The molecule has 0 amide bonds. The van der Waals surface area contributed by atoms with Crippen LogP contribution in [0.5, 0.6) is 0 Å². The van der Waals surface area contributed by atoms with E-state index in [0.717, 1.165) is 17.1 Å². The molecule has 1 aromatic carbocycles. The van der Waals surface area contributed by atoms with Crippen molar-refractivity contribution < 1.29 is 0 Å². The number of benzene rings is 1. The van der Waals surface area contributed by atoms with Gasteiger partial charge in [-0.05, 0) is 29.8 Å². The summed E-state index contributed by atoms with van der Waals surface area (Å²) in [6, 6.07) is 15.8. The molecule has 0 spiro atoms. The van der Waals surface area contributed by atoms with Gasteiger partial charge >= 0.3 is 0 Å². The second-order valence-electron chi connectivity index (χ2n) is 4.85. The molecule has 2 heterocycles. The molecular weight excluding hydrogens is 274 g/mol. The van der Waals surface area contributed by atoms with Gasteiger partial charge in [0.05, 0.1) is 0 Å². The van der Waals surface area contributed by atoms with E-state index < -0.39 is 0 Å². The minimum Gasteiger partial charge on any atom is -0.366 e. The van der Waals surface area contributed by atoms with Gasteiger partial charge in [0.2, 0.25) is 5.95 Å². The lowest BCUT2D eigenvalue weighted by Crippen LogP contribution is -2.14. The number of hydrogen-bond acceptors (Lipinski definition) is 5. The van der Waals surface area contributed by atoms with Crippen LogP contribution in [0.25, 0.3) is 0 Å². The molecule has 0 saturated heterocycles. The van der Waals surface area contributed by atoms with E-state index >= 15 is 0 Å². The summed E-state index contributed by atoms with van der Waals surface area (Å²) in [6.07, 6.45) is 5.36. The fourth-order valence-electron chi connectivity index (χ4n) is 2.07. The summed E-state index contributed by atoms with van der Waals surface area (Å²) >= 11 is 0. The maximum Gasteiger partial charge on any atom is 0.231 e. The third kappa shape index (κ3) is 3.38. The Hall–Kier alpha value is -2.95.